The van der Waals surface area contributed by atoms with Crippen molar-refractivity contribution in [2.75, 3.05) is 31.1 Å². The van der Waals surface area contributed by atoms with E-state index in [1.54, 1.807) is 0 Å². The van der Waals surface area contributed by atoms with Crippen LogP contribution in [0.25, 0.3) is 16.7 Å². The number of carbonyl (C=O) groups is 1. The lowest BCUT2D eigenvalue weighted by atomic mass is 9.88. The molecule has 2 aliphatic rings. The minimum Gasteiger partial charge on any atom is -0.352 e. The minimum absolute atomic E-state index is 0.233. The molecule has 1 atom stereocenters. The summed E-state index contributed by atoms with van der Waals surface area (Å²) in [7, 11) is 0. The summed E-state index contributed by atoms with van der Waals surface area (Å²) in [5, 5.41) is 5.67. The Kier molecular flexibility index (Phi) is 6.79. The molecule has 34 heavy (non-hydrogen) atoms. The second-order valence-electron chi connectivity index (χ2n) is 9.87. The van der Waals surface area contributed by atoms with Gasteiger partial charge >= 0.3 is 0 Å². The number of carbonyl (C=O) groups excluding carboxylic acids is 1. The van der Waals surface area contributed by atoms with E-state index in [4.69, 9.17) is 15.1 Å². The molecular formula is C27H36N6O. The maximum Gasteiger partial charge on any atom is 0.225 e. The summed E-state index contributed by atoms with van der Waals surface area (Å²) in [6, 6.07) is 10.2. The third kappa shape index (κ3) is 4.52. The average Bonchev–Trinajstić information content (AvgIpc) is 3.33. The Morgan fingerprint density at radius 2 is 1.76 bits per heavy atom. The highest BCUT2D eigenvalue weighted by Crippen LogP contribution is 2.31. The molecule has 5 rings (SSSR count). The minimum atomic E-state index is 0.233. The number of benzene rings is 1. The van der Waals surface area contributed by atoms with E-state index in [0.717, 1.165) is 80.2 Å². The van der Waals surface area contributed by atoms with Crippen LogP contribution in [0, 0.1) is 5.92 Å². The molecule has 2 fully saturated rings. The topological polar surface area (TPSA) is 67.2 Å². The van der Waals surface area contributed by atoms with Crippen molar-refractivity contribution in [3.8, 4) is 5.69 Å². The van der Waals surface area contributed by atoms with Crippen LogP contribution in [-0.4, -0.2) is 56.7 Å². The SMILES string of the molecule is CCCC(C)c1nc(N2CCN(C(=O)C3CCCCC3)CC2)c2cnn(-c3ccccc3)c2n1. The fraction of sp³-hybridized carbons (Fsp3) is 0.556. The molecular weight excluding hydrogens is 424 g/mol. The zero-order valence-corrected chi connectivity index (χ0v) is 20.5. The molecule has 7 heteroatoms. The van der Waals surface area contributed by atoms with Gasteiger partial charge in [0.25, 0.3) is 0 Å². The van der Waals surface area contributed by atoms with Gasteiger partial charge in [-0.1, -0.05) is 57.7 Å². The van der Waals surface area contributed by atoms with Crippen LogP contribution in [0.15, 0.2) is 36.5 Å². The summed E-state index contributed by atoms with van der Waals surface area (Å²) in [6.07, 6.45) is 9.82. The molecule has 1 aromatic carbocycles. The van der Waals surface area contributed by atoms with E-state index < -0.39 is 0 Å². The fourth-order valence-electron chi connectivity index (χ4n) is 5.44. The molecule has 1 saturated heterocycles. The first-order valence-electron chi connectivity index (χ1n) is 13.0. The highest BCUT2D eigenvalue weighted by Gasteiger charge is 2.30. The zero-order valence-electron chi connectivity index (χ0n) is 20.5. The van der Waals surface area contributed by atoms with Gasteiger partial charge in [0, 0.05) is 38.0 Å². The van der Waals surface area contributed by atoms with Gasteiger partial charge in [0.15, 0.2) is 5.65 Å². The standard InChI is InChI=1S/C27H36N6O/c1-3-10-20(2)24-29-25(23-19-28-33(26(23)30-24)22-13-8-5-9-14-22)31-15-17-32(18-16-31)27(34)21-11-6-4-7-12-21/h5,8-9,13-14,19-21H,3-4,6-7,10-12,15-18H2,1-2H3. The molecule has 180 valence electrons. The van der Waals surface area contributed by atoms with Gasteiger partial charge in [-0.05, 0) is 31.4 Å². The lowest BCUT2D eigenvalue weighted by Gasteiger charge is -2.38. The van der Waals surface area contributed by atoms with E-state index in [9.17, 15) is 4.79 Å². The molecule has 0 N–H and O–H groups in total. The Bertz CT molecular complexity index is 1110. The Labute approximate surface area is 202 Å². The van der Waals surface area contributed by atoms with Crippen LogP contribution in [-0.2, 0) is 4.79 Å². The summed E-state index contributed by atoms with van der Waals surface area (Å²) in [5.74, 6) is 2.71. The van der Waals surface area contributed by atoms with E-state index in [0.29, 0.717) is 5.91 Å². The maximum atomic E-state index is 13.1. The van der Waals surface area contributed by atoms with Gasteiger partial charge < -0.3 is 9.80 Å². The molecule has 1 amide bonds. The summed E-state index contributed by atoms with van der Waals surface area (Å²) in [5.41, 5.74) is 1.86. The number of hydrogen-bond donors (Lipinski definition) is 0. The van der Waals surface area contributed by atoms with Crippen LogP contribution in [0.4, 0.5) is 5.82 Å². The molecule has 1 saturated carbocycles. The molecule has 1 aliphatic heterocycles. The third-order valence-electron chi connectivity index (χ3n) is 7.43. The molecule has 3 heterocycles. The van der Waals surface area contributed by atoms with Gasteiger partial charge in [-0.15, -0.1) is 0 Å². The maximum absolute atomic E-state index is 13.1. The Morgan fingerprint density at radius 1 is 1.03 bits per heavy atom. The van der Waals surface area contributed by atoms with Gasteiger partial charge in [0.2, 0.25) is 5.91 Å². The normalized spacial score (nSPS) is 18.4. The molecule has 0 bridgehead atoms. The van der Waals surface area contributed by atoms with Crippen molar-refractivity contribution in [1.29, 1.82) is 0 Å². The summed E-state index contributed by atoms with van der Waals surface area (Å²) < 4.78 is 1.92. The lowest BCUT2D eigenvalue weighted by Crippen LogP contribution is -2.51. The first-order chi connectivity index (χ1) is 16.7. The van der Waals surface area contributed by atoms with E-state index in [2.05, 4.69) is 35.8 Å². The van der Waals surface area contributed by atoms with Gasteiger partial charge in [-0.25, -0.2) is 14.6 Å². The van der Waals surface area contributed by atoms with Gasteiger partial charge in [-0.2, -0.15) is 5.10 Å². The van der Waals surface area contributed by atoms with Crippen molar-refractivity contribution >= 4 is 22.8 Å². The van der Waals surface area contributed by atoms with Gasteiger partial charge in [0.1, 0.15) is 11.6 Å². The van der Waals surface area contributed by atoms with Crippen LogP contribution in [0.5, 0.6) is 0 Å². The predicted molar refractivity (Wildman–Crippen MR) is 135 cm³/mol. The second kappa shape index (κ2) is 10.1. The molecule has 7 nitrogen and oxygen atoms in total. The average molecular weight is 461 g/mol. The zero-order chi connectivity index (χ0) is 23.5. The number of piperazine rings is 1. The van der Waals surface area contributed by atoms with E-state index in [-0.39, 0.29) is 11.8 Å². The van der Waals surface area contributed by atoms with Gasteiger partial charge in [0.05, 0.1) is 17.3 Å². The Morgan fingerprint density at radius 3 is 2.47 bits per heavy atom. The quantitative estimate of drug-likeness (QED) is 0.521. The van der Waals surface area contributed by atoms with Crippen molar-refractivity contribution in [2.24, 2.45) is 5.92 Å². The molecule has 1 unspecified atom stereocenters. The Balaban J connectivity index is 1.43. The van der Waals surface area contributed by atoms with Crippen LogP contribution in [0.2, 0.25) is 0 Å². The predicted octanol–water partition coefficient (Wildman–Crippen LogP) is 4.95. The number of aromatic nitrogens is 4. The van der Waals surface area contributed by atoms with Crippen LogP contribution >= 0.6 is 0 Å². The monoisotopic (exact) mass is 460 g/mol. The number of para-hydroxylation sites is 1. The fourth-order valence-corrected chi connectivity index (χ4v) is 5.44. The number of rotatable bonds is 6. The smallest absolute Gasteiger partial charge is 0.225 e. The largest absolute Gasteiger partial charge is 0.352 e. The third-order valence-corrected chi connectivity index (χ3v) is 7.43. The number of hydrogen-bond acceptors (Lipinski definition) is 5. The number of fused-ring (bicyclic) bond motifs is 1. The van der Waals surface area contributed by atoms with Crippen LogP contribution < -0.4 is 4.90 Å². The van der Waals surface area contributed by atoms with Crippen molar-refractivity contribution in [3.05, 3.63) is 42.4 Å². The second-order valence-corrected chi connectivity index (χ2v) is 9.87. The lowest BCUT2D eigenvalue weighted by molar-refractivity contribution is -0.136. The van der Waals surface area contributed by atoms with Crippen molar-refractivity contribution < 1.29 is 4.79 Å². The summed E-state index contributed by atoms with van der Waals surface area (Å²) in [6.45, 7) is 7.51. The molecule has 0 radical (unpaired) electrons. The first-order valence-corrected chi connectivity index (χ1v) is 13.0. The van der Waals surface area contributed by atoms with Gasteiger partial charge in [-0.3, -0.25) is 4.79 Å². The number of anilines is 1. The number of amides is 1. The summed E-state index contributed by atoms with van der Waals surface area (Å²) in [4.78, 5) is 27.5. The highest BCUT2D eigenvalue weighted by molar-refractivity contribution is 5.88. The summed E-state index contributed by atoms with van der Waals surface area (Å²) >= 11 is 0. The van der Waals surface area contributed by atoms with Crippen LogP contribution in [0.1, 0.15) is 70.5 Å². The van der Waals surface area contributed by atoms with Crippen LogP contribution in [0.3, 0.4) is 0 Å². The molecule has 2 aromatic heterocycles. The molecule has 0 spiro atoms. The van der Waals surface area contributed by atoms with Crippen molar-refractivity contribution in [1.82, 2.24) is 24.6 Å². The molecule has 3 aromatic rings. The molecule has 1 aliphatic carbocycles. The van der Waals surface area contributed by atoms with E-state index in [1.165, 1.54) is 19.3 Å². The Hall–Kier alpha value is -2.96. The highest BCUT2D eigenvalue weighted by atomic mass is 16.2. The van der Waals surface area contributed by atoms with Crippen molar-refractivity contribution in [2.45, 2.75) is 64.7 Å². The van der Waals surface area contributed by atoms with E-state index in [1.807, 2.05) is 29.1 Å². The number of nitrogens with zero attached hydrogens (tertiary/aromatic N) is 6. The first kappa shape index (κ1) is 22.8. The van der Waals surface area contributed by atoms with E-state index >= 15 is 0 Å². The van der Waals surface area contributed by atoms with Crippen molar-refractivity contribution in [3.63, 3.8) is 0 Å².